The second-order valence-corrected chi connectivity index (χ2v) is 9.12. The number of nitrogens with zero attached hydrogens (tertiary/aromatic N) is 1. The molecule has 2 rings (SSSR count). The molecule has 1 atom stereocenters. The largest absolute Gasteiger partial charge is 0.489 e. The van der Waals surface area contributed by atoms with E-state index in [9.17, 15) is 12.8 Å². The van der Waals surface area contributed by atoms with Gasteiger partial charge in [0.05, 0.1) is 12.3 Å². The normalized spacial score (nSPS) is 13.1. The Balaban J connectivity index is 1.94. The van der Waals surface area contributed by atoms with E-state index in [2.05, 4.69) is 15.6 Å². The lowest BCUT2D eigenvalue weighted by atomic mass is 10.1. The number of benzene rings is 2. The minimum Gasteiger partial charge on any atom is -0.489 e. The summed E-state index contributed by atoms with van der Waals surface area (Å²) in [5, 5.41) is 6.25. The summed E-state index contributed by atoms with van der Waals surface area (Å²) in [5.74, 6) is 0.787. The molecule has 2 aromatic rings. The fraction of sp³-hybridized carbons (Fsp3) is 0.381. The van der Waals surface area contributed by atoms with Crippen molar-refractivity contribution in [2.75, 3.05) is 19.8 Å². The molecule has 0 bridgehead atoms. The van der Waals surface area contributed by atoms with E-state index in [1.165, 1.54) is 18.2 Å². The first-order chi connectivity index (χ1) is 13.7. The number of aliphatic imine (C=N–C) groups is 1. The molecule has 0 aromatic heterocycles. The second-order valence-electron chi connectivity index (χ2n) is 6.98. The molecule has 0 saturated heterocycles. The van der Waals surface area contributed by atoms with Gasteiger partial charge in [0.1, 0.15) is 17.7 Å². The van der Waals surface area contributed by atoms with Crippen LogP contribution in [0.4, 0.5) is 4.39 Å². The highest BCUT2D eigenvalue weighted by Crippen LogP contribution is 2.17. The Morgan fingerprint density at radius 1 is 1.17 bits per heavy atom. The maximum absolute atomic E-state index is 13.6. The van der Waals surface area contributed by atoms with Crippen molar-refractivity contribution in [3.8, 4) is 5.75 Å². The van der Waals surface area contributed by atoms with E-state index in [1.807, 2.05) is 38.1 Å². The van der Waals surface area contributed by atoms with E-state index in [4.69, 9.17) is 4.74 Å². The monoisotopic (exact) mass is 421 g/mol. The highest BCUT2D eigenvalue weighted by Gasteiger charge is 2.12. The van der Waals surface area contributed by atoms with Gasteiger partial charge in [-0.15, -0.1) is 0 Å². The number of nitrogens with one attached hydrogen (secondary N) is 2. The van der Waals surface area contributed by atoms with Gasteiger partial charge in [0, 0.05) is 19.8 Å². The maximum Gasteiger partial charge on any atom is 0.191 e. The first-order valence-corrected chi connectivity index (χ1v) is 11.4. The third-order valence-electron chi connectivity index (χ3n) is 4.23. The fourth-order valence-corrected chi connectivity index (χ4v) is 3.62. The standard InChI is InChI=1S/C21H28FN3O3S/c1-15-7-5-6-8-20(15)28-16(2)12-24-21(23-3)25-13-18-11-19(22)10-9-17(18)14-29(4,26)27/h5-11,16H,12-14H2,1-4H3,(H2,23,24,25). The Hall–Kier alpha value is -2.61. The number of para-hydroxylation sites is 1. The van der Waals surface area contributed by atoms with Gasteiger partial charge in [-0.3, -0.25) is 4.99 Å². The van der Waals surface area contributed by atoms with Crippen molar-refractivity contribution in [2.24, 2.45) is 4.99 Å². The highest BCUT2D eigenvalue weighted by molar-refractivity contribution is 7.89. The molecule has 29 heavy (non-hydrogen) atoms. The minimum atomic E-state index is -3.22. The average molecular weight is 422 g/mol. The molecule has 0 radical (unpaired) electrons. The zero-order valence-electron chi connectivity index (χ0n) is 17.2. The van der Waals surface area contributed by atoms with Crippen LogP contribution in [0.15, 0.2) is 47.5 Å². The lowest BCUT2D eigenvalue weighted by molar-refractivity contribution is 0.222. The molecule has 0 aliphatic carbocycles. The lowest BCUT2D eigenvalue weighted by Gasteiger charge is -2.19. The number of ether oxygens (including phenoxy) is 1. The minimum absolute atomic E-state index is 0.107. The molecule has 0 fully saturated rings. The highest BCUT2D eigenvalue weighted by atomic mass is 32.2. The number of rotatable bonds is 8. The van der Waals surface area contributed by atoms with Gasteiger partial charge in [-0.1, -0.05) is 24.3 Å². The van der Waals surface area contributed by atoms with Crippen LogP contribution in [0.2, 0.25) is 0 Å². The quantitative estimate of drug-likeness (QED) is 0.506. The number of sulfone groups is 1. The predicted octanol–water partition coefficient (Wildman–Crippen LogP) is 2.81. The van der Waals surface area contributed by atoms with Crippen LogP contribution in [0.5, 0.6) is 5.75 Å². The van der Waals surface area contributed by atoms with Crippen molar-refractivity contribution >= 4 is 15.8 Å². The van der Waals surface area contributed by atoms with Crippen molar-refractivity contribution in [3.05, 3.63) is 65.0 Å². The Morgan fingerprint density at radius 3 is 2.55 bits per heavy atom. The van der Waals surface area contributed by atoms with E-state index >= 15 is 0 Å². The SMILES string of the molecule is CN=C(NCc1cc(F)ccc1CS(C)(=O)=O)NCC(C)Oc1ccccc1C. The predicted molar refractivity (Wildman–Crippen MR) is 114 cm³/mol. The summed E-state index contributed by atoms with van der Waals surface area (Å²) in [6.07, 6.45) is 1.05. The van der Waals surface area contributed by atoms with Gasteiger partial charge in [-0.2, -0.15) is 0 Å². The van der Waals surface area contributed by atoms with E-state index in [-0.39, 0.29) is 18.4 Å². The van der Waals surface area contributed by atoms with Gasteiger partial charge >= 0.3 is 0 Å². The average Bonchev–Trinajstić information content (AvgIpc) is 2.64. The molecule has 6 nitrogen and oxygen atoms in total. The molecule has 2 aromatic carbocycles. The van der Waals surface area contributed by atoms with Crippen LogP contribution in [-0.2, 0) is 22.1 Å². The van der Waals surface area contributed by atoms with Crippen molar-refractivity contribution < 1.29 is 17.5 Å². The van der Waals surface area contributed by atoms with Crippen LogP contribution in [0.1, 0.15) is 23.6 Å². The topological polar surface area (TPSA) is 79.8 Å². The third-order valence-corrected chi connectivity index (χ3v) is 5.07. The van der Waals surface area contributed by atoms with Crippen LogP contribution in [-0.4, -0.2) is 40.3 Å². The smallest absolute Gasteiger partial charge is 0.191 e. The third kappa shape index (κ3) is 7.73. The van der Waals surface area contributed by atoms with Crippen LogP contribution >= 0.6 is 0 Å². The van der Waals surface area contributed by atoms with Gasteiger partial charge in [0.2, 0.25) is 0 Å². The first kappa shape index (κ1) is 22.7. The van der Waals surface area contributed by atoms with Crippen LogP contribution in [0, 0.1) is 12.7 Å². The second kappa shape index (κ2) is 10.2. The number of guanidine groups is 1. The molecule has 1 unspecified atom stereocenters. The summed E-state index contributed by atoms with van der Waals surface area (Å²) in [5.41, 5.74) is 2.20. The Bertz CT molecular complexity index is 961. The summed E-state index contributed by atoms with van der Waals surface area (Å²) in [6, 6.07) is 11.9. The molecule has 0 aliphatic heterocycles. The Labute approximate surface area is 172 Å². The van der Waals surface area contributed by atoms with Gasteiger partial charge in [0.25, 0.3) is 0 Å². The van der Waals surface area contributed by atoms with Gasteiger partial charge in [-0.25, -0.2) is 12.8 Å². The van der Waals surface area contributed by atoms with Gasteiger partial charge < -0.3 is 15.4 Å². The number of hydrogen-bond acceptors (Lipinski definition) is 4. The molecule has 0 amide bonds. The summed E-state index contributed by atoms with van der Waals surface area (Å²) in [7, 11) is -1.59. The number of hydrogen-bond donors (Lipinski definition) is 2. The van der Waals surface area contributed by atoms with E-state index < -0.39 is 15.7 Å². The molecule has 0 heterocycles. The fourth-order valence-electron chi connectivity index (χ4n) is 2.77. The zero-order chi connectivity index (χ0) is 21.4. The number of aryl methyl sites for hydroxylation is 1. The summed E-state index contributed by atoms with van der Waals surface area (Å²) in [4.78, 5) is 4.15. The molecular weight excluding hydrogens is 393 g/mol. The molecule has 0 aliphatic rings. The maximum atomic E-state index is 13.6. The molecule has 8 heteroatoms. The first-order valence-electron chi connectivity index (χ1n) is 9.30. The zero-order valence-corrected chi connectivity index (χ0v) is 18.0. The summed E-state index contributed by atoms with van der Waals surface area (Å²) < 4.78 is 42.8. The van der Waals surface area contributed by atoms with Crippen molar-refractivity contribution in [1.82, 2.24) is 10.6 Å². The van der Waals surface area contributed by atoms with Gasteiger partial charge in [0.15, 0.2) is 15.8 Å². The van der Waals surface area contributed by atoms with E-state index in [0.717, 1.165) is 17.6 Å². The molecule has 0 saturated carbocycles. The Kier molecular flexibility index (Phi) is 8.01. The summed E-state index contributed by atoms with van der Waals surface area (Å²) in [6.45, 7) is 4.69. The van der Waals surface area contributed by atoms with Crippen molar-refractivity contribution in [2.45, 2.75) is 32.2 Å². The van der Waals surface area contributed by atoms with Crippen LogP contribution < -0.4 is 15.4 Å². The Morgan fingerprint density at radius 2 is 1.90 bits per heavy atom. The molecule has 158 valence electrons. The van der Waals surface area contributed by atoms with Crippen LogP contribution in [0.25, 0.3) is 0 Å². The lowest BCUT2D eigenvalue weighted by Crippen LogP contribution is -2.41. The van der Waals surface area contributed by atoms with E-state index in [0.29, 0.717) is 23.6 Å². The van der Waals surface area contributed by atoms with Crippen LogP contribution in [0.3, 0.4) is 0 Å². The number of halogens is 1. The van der Waals surface area contributed by atoms with Gasteiger partial charge in [-0.05, 0) is 48.7 Å². The van der Waals surface area contributed by atoms with Crippen molar-refractivity contribution in [3.63, 3.8) is 0 Å². The summed E-state index contributed by atoms with van der Waals surface area (Å²) >= 11 is 0. The molecule has 0 spiro atoms. The van der Waals surface area contributed by atoms with Crippen molar-refractivity contribution in [1.29, 1.82) is 0 Å². The molecular formula is C21H28FN3O3S. The molecule has 2 N–H and O–H groups in total. The van der Waals surface area contributed by atoms with E-state index in [1.54, 1.807) is 7.05 Å².